The van der Waals surface area contributed by atoms with Crippen LogP contribution in [0.5, 0.6) is 0 Å². The van der Waals surface area contributed by atoms with Crippen LogP contribution in [0.1, 0.15) is 213 Å². The van der Waals surface area contributed by atoms with Gasteiger partial charge in [-0.1, -0.05) is 195 Å². The molecule has 0 aromatic rings. The standard InChI is InChI=1S/C55H90O6/c1-4-7-10-13-15-17-19-21-23-24-25-26-27-28-29-30-32-33-35-37-39-42-45-48-54(57)60-51-52(50-59-53(56)47-44-41-12-9-6-3)61-55(58)49-46-43-40-38-36-34-31-22-20-18-16-14-11-8-5-2/h7,10,15,17,21-23,25-26,28-29,31-33,37,39,52H,4-6,8-9,11-14,16,18-20,24,27,30,34-36,38,40-51H2,1-3H3/b10-7-,17-15-,23-21-,26-25-,29-28-,31-22-,33-32-,39-37-. The number of esters is 3. The topological polar surface area (TPSA) is 78.9 Å². The molecule has 0 rings (SSSR count). The zero-order valence-corrected chi connectivity index (χ0v) is 39.4. The van der Waals surface area contributed by atoms with E-state index in [-0.39, 0.29) is 37.5 Å². The van der Waals surface area contributed by atoms with Crippen molar-refractivity contribution in [3.8, 4) is 0 Å². The van der Waals surface area contributed by atoms with Crippen molar-refractivity contribution < 1.29 is 28.6 Å². The van der Waals surface area contributed by atoms with Crippen molar-refractivity contribution in [3.63, 3.8) is 0 Å². The highest BCUT2D eigenvalue weighted by atomic mass is 16.6. The Kier molecular flexibility index (Phi) is 46.0. The first-order valence-electron chi connectivity index (χ1n) is 24.7. The molecule has 0 spiro atoms. The van der Waals surface area contributed by atoms with Gasteiger partial charge in [0.1, 0.15) is 13.2 Å². The molecule has 0 N–H and O–H groups in total. The van der Waals surface area contributed by atoms with E-state index in [1.54, 1.807) is 0 Å². The summed E-state index contributed by atoms with van der Waals surface area (Å²) in [6.07, 6.45) is 64.3. The quantitative estimate of drug-likeness (QED) is 0.0263. The first-order valence-corrected chi connectivity index (χ1v) is 24.7. The lowest BCUT2D eigenvalue weighted by Crippen LogP contribution is -2.30. The Morgan fingerprint density at radius 1 is 0.344 bits per heavy atom. The van der Waals surface area contributed by atoms with Gasteiger partial charge >= 0.3 is 17.9 Å². The lowest BCUT2D eigenvalue weighted by Gasteiger charge is -2.18. The maximum Gasteiger partial charge on any atom is 0.306 e. The van der Waals surface area contributed by atoms with E-state index in [1.807, 2.05) is 0 Å². The molecule has 1 atom stereocenters. The van der Waals surface area contributed by atoms with Gasteiger partial charge in [-0.2, -0.15) is 0 Å². The number of ether oxygens (including phenoxy) is 3. The largest absolute Gasteiger partial charge is 0.462 e. The highest BCUT2D eigenvalue weighted by Gasteiger charge is 2.19. The third-order valence-corrected chi connectivity index (χ3v) is 10.1. The van der Waals surface area contributed by atoms with Crippen LogP contribution in [0, 0.1) is 0 Å². The normalized spacial score (nSPS) is 12.9. The van der Waals surface area contributed by atoms with Gasteiger partial charge in [0.2, 0.25) is 0 Å². The number of carbonyl (C=O) groups excluding carboxylic acids is 3. The summed E-state index contributed by atoms with van der Waals surface area (Å²) < 4.78 is 16.6. The molecule has 346 valence electrons. The van der Waals surface area contributed by atoms with Crippen molar-refractivity contribution in [2.75, 3.05) is 13.2 Å². The first kappa shape index (κ1) is 57.3. The summed E-state index contributed by atoms with van der Waals surface area (Å²) in [4.78, 5) is 37.6. The Balaban J connectivity index is 4.31. The summed E-state index contributed by atoms with van der Waals surface area (Å²) >= 11 is 0. The molecule has 0 heterocycles. The maximum atomic E-state index is 12.7. The van der Waals surface area contributed by atoms with Crippen molar-refractivity contribution in [1.29, 1.82) is 0 Å². The number of unbranched alkanes of at least 4 members (excludes halogenated alkanes) is 16. The van der Waals surface area contributed by atoms with E-state index in [0.717, 1.165) is 116 Å². The van der Waals surface area contributed by atoms with Crippen molar-refractivity contribution in [1.82, 2.24) is 0 Å². The van der Waals surface area contributed by atoms with Crippen LogP contribution in [-0.2, 0) is 28.6 Å². The summed E-state index contributed by atoms with van der Waals surface area (Å²) in [6, 6.07) is 0. The van der Waals surface area contributed by atoms with E-state index in [4.69, 9.17) is 14.2 Å². The summed E-state index contributed by atoms with van der Waals surface area (Å²) in [5.74, 6) is -0.991. The molecule has 0 amide bonds. The van der Waals surface area contributed by atoms with Gasteiger partial charge in [0.05, 0.1) is 0 Å². The molecule has 0 aromatic carbocycles. The van der Waals surface area contributed by atoms with Crippen LogP contribution in [-0.4, -0.2) is 37.2 Å². The monoisotopic (exact) mass is 847 g/mol. The lowest BCUT2D eigenvalue weighted by molar-refractivity contribution is -0.167. The molecule has 0 aromatic heterocycles. The van der Waals surface area contributed by atoms with Gasteiger partial charge < -0.3 is 14.2 Å². The van der Waals surface area contributed by atoms with Crippen LogP contribution in [0.25, 0.3) is 0 Å². The Morgan fingerprint density at radius 3 is 1.08 bits per heavy atom. The minimum atomic E-state index is -0.801. The summed E-state index contributed by atoms with van der Waals surface area (Å²) in [5.41, 5.74) is 0. The fraction of sp³-hybridized carbons (Fsp3) is 0.655. The Hall–Kier alpha value is -3.67. The molecule has 0 aliphatic heterocycles. The molecule has 6 nitrogen and oxygen atoms in total. The molecule has 0 radical (unpaired) electrons. The van der Waals surface area contributed by atoms with Gasteiger partial charge in [-0.05, 0) is 96.3 Å². The number of allylic oxidation sites excluding steroid dienone is 16. The number of hydrogen-bond donors (Lipinski definition) is 0. The van der Waals surface area contributed by atoms with Crippen molar-refractivity contribution in [2.24, 2.45) is 0 Å². The van der Waals surface area contributed by atoms with Crippen LogP contribution in [0.3, 0.4) is 0 Å². The SMILES string of the molecule is CC/C=C\C/C=C\C/C=C\C/C=C\C/C=C\C/C=C\C/C=C\CCCC(=O)OCC(COC(=O)CCCCCCC)OC(=O)CCCCCCC/C=C\CCCCCCCC. The molecular weight excluding hydrogens is 757 g/mol. The van der Waals surface area contributed by atoms with Gasteiger partial charge in [0.25, 0.3) is 0 Å². The molecule has 6 heteroatoms. The number of hydrogen-bond acceptors (Lipinski definition) is 6. The summed E-state index contributed by atoms with van der Waals surface area (Å²) in [5, 5.41) is 0. The minimum Gasteiger partial charge on any atom is -0.462 e. The van der Waals surface area contributed by atoms with E-state index < -0.39 is 6.10 Å². The Labute approximate surface area is 375 Å². The molecular formula is C55H90O6. The van der Waals surface area contributed by atoms with Crippen molar-refractivity contribution >= 4 is 17.9 Å². The van der Waals surface area contributed by atoms with Gasteiger partial charge in [-0.3, -0.25) is 14.4 Å². The molecule has 0 bridgehead atoms. The second-order valence-corrected chi connectivity index (χ2v) is 16.0. The number of rotatable bonds is 43. The molecule has 1 unspecified atom stereocenters. The highest BCUT2D eigenvalue weighted by molar-refractivity contribution is 5.71. The van der Waals surface area contributed by atoms with Crippen LogP contribution >= 0.6 is 0 Å². The summed E-state index contributed by atoms with van der Waals surface area (Å²) in [7, 11) is 0. The second kappa shape index (κ2) is 49.0. The molecule has 61 heavy (non-hydrogen) atoms. The smallest absolute Gasteiger partial charge is 0.306 e. The average molecular weight is 847 g/mol. The number of carbonyl (C=O) groups is 3. The Bertz CT molecular complexity index is 1250. The predicted molar refractivity (Wildman–Crippen MR) is 260 cm³/mol. The van der Waals surface area contributed by atoms with Gasteiger partial charge in [0.15, 0.2) is 6.10 Å². The molecule has 0 aliphatic carbocycles. The molecule has 0 saturated carbocycles. The van der Waals surface area contributed by atoms with Gasteiger partial charge in [-0.15, -0.1) is 0 Å². The Morgan fingerprint density at radius 2 is 0.656 bits per heavy atom. The second-order valence-electron chi connectivity index (χ2n) is 16.0. The van der Waals surface area contributed by atoms with Crippen molar-refractivity contribution in [3.05, 3.63) is 97.2 Å². The zero-order chi connectivity index (χ0) is 44.4. The average Bonchev–Trinajstić information content (AvgIpc) is 3.26. The zero-order valence-electron chi connectivity index (χ0n) is 39.4. The van der Waals surface area contributed by atoms with E-state index >= 15 is 0 Å². The maximum absolute atomic E-state index is 12.7. The lowest BCUT2D eigenvalue weighted by atomic mass is 10.1. The molecule has 0 fully saturated rings. The van der Waals surface area contributed by atoms with E-state index in [1.165, 1.54) is 51.4 Å². The fourth-order valence-corrected chi connectivity index (χ4v) is 6.36. The van der Waals surface area contributed by atoms with Crippen LogP contribution in [0.4, 0.5) is 0 Å². The van der Waals surface area contributed by atoms with Crippen LogP contribution < -0.4 is 0 Å². The third kappa shape index (κ3) is 47.2. The van der Waals surface area contributed by atoms with Gasteiger partial charge in [0, 0.05) is 19.3 Å². The first-order chi connectivity index (χ1) is 30.0. The van der Waals surface area contributed by atoms with Crippen LogP contribution in [0.15, 0.2) is 97.2 Å². The third-order valence-electron chi connectivity index (χ3n) is 10.1. The van der Waals surface area contributed by atoms with Gasteiger partial charge in [-0.25, -0.2) is 0 Å². The van der Waals surface area contributed by atoms with Crippen LogP contribution in [0.2, 0.25) is 0 Å². The van der Waals surface area contributed by atoms with E-state index in [2.05, 4.69) is 118 Å². The van der Waals surface area contributed by atoms with Crippen molar-refractivity contribution in [2.45, 2.75) is 219 Å². The predicted octanol–water partition coefficient (Wildman–Crippen LogP) is 16.2. The minimum absolute atomic E-state index is 0.101. The summed E-state index contributed by atoms with van der Waals surface area (Å²) in [6.45, 7) is 6.36. The van der Waals surface area contributed by atoms with E-state index in [9.17, 15) is 14.4 Å². The highest BCUT2D eigenvalue weighted by Crippen LogP contribution is 2.12. The molecule has 0 aliphatic rings. The fourth-order valence-electron chi connectivity index (χ4n) is 6.36. The van der Waals surface area contributed by atoms with E-state index in [0.29, 0.717) is 19.3 Å². The molecule has 0 saturated heterocycles.